The van der Waals surface area contributed by atoms with E-state index < -0.39 is 0 Å². The predicted molar refractivity (Wildman–Crippen MR) is 95.0 cm³/mol. The number of hydrogen-bond donors (Lipinski definition) is 0. The molecule has 0 radical (unpaired) electrons. The third kappa shape index (κ3) is 1.95. The van der Waals surface area contributed by atoms with E-state index in [9.17, 15) is 4.79 Å². The fourth-order valence-corrected chi connectivity index (χ4v) is 6.80. The average molecular weight is 310 g/mol. The molecule has 0 N–H and O–H groups in total. The van der Waals surface area contributed by atoms with E-state index in [-0.39, 0.29) is 5.41 Å². The van der Waals surface area contributed by atoms with Crippen LogP contribution in [0.3, 0.4) is 0 Å². The Kier molecular flexibility index (Phi) is 3.31. The van der Waals surface area contributed by atoms with Crippen LogP contribution in [0.1, 0.15) is 65.7 Å². The van der Waals surface area contributed by atoms with Crippen molar-refractivity contribution >= 4 is 5.78 Å². The molecule has 1 heteroatoms. The number of ketones is 1. The fourth-order valence-electron chi connectivity index (χ4n) is 6.80. The molecular weight excluding hydrogens is 280 g/mol. The Labute approximate surface area is 140 Å². The summed E-state index contributed by atoms with van der Waals surface area (Å²) in [6, 6.07) is 0. The molecule has 4 rings (SSSR count). The van der Waals surface area contributed by atoms with Gasteiger partial charge in [-0.15, -0.1) is 0 Å². The third-order valence-electron chi connectivity index (χ3n) is 8.08. The van der Waals surface area contributed by atoms with Crippen molar-refractivity contribution in [2.24, 2.45) is 28.6 Å². The summed E-state index contributed by atoms with van der Waals surface area (Å²) in [5, 5.41) is 0. The van der Waals surface area contributed by atoms with Crippen LogP contribution in [0, 0.1) is 28.6 Å². The molecule has 0 bridgehead atoms. The van der Waals surface area contributed by atoms with E-state index in [1.807, 2.05) is 0 Å². The van der Waals surface area contributed by atoms with E-state index in [0.717, 1.165) is 30.3 Å². The maximum atomic E-state index is 12.6. The van der Waals surface area contributed by atoms with Crippen molar-refractivity contribution in [3.05, 3.63) is 35.5 Å². The monoisotopic (exact) mass is 310 g/mol. The van der Waals surface area contributed by atoms with Gasteiger partial charge in [-0.2, -0.15) is 0 Å². The Morgan fingerprint density at radius 1 is 1.13 bits per heavy atom. The van der Waals surface area contributed by atoms with Crippen molar-refractivity contribution in [1.29, 1.82) is 0 Å². The first-order valence-electron chi connectivity index (χ1n) is 9.49. The summed E-state index contributed by atoms with van der Waals surface area (Å²) in [5.41, 5.74) is 4.65. The van der Waals surface area contributed by atoms with Crippen LogP contribution in [0.2, 0.25) is 0 Å². The first kappa shape index (κ1) is 15.4. The summed E-state index contributed by atoms with van der Waals surface area (Å²) < 4.78 is 0. The van der Waals surface area contributed by atoms with Gasteiger partial charge in [-0.3, -0.25) is 4.79 Å². The van der Waals surface area contributed by atoms with E-state index in [1.165, 1.54) is 37.7 Å². The Morgan fingerprint density at radius 3 is 2.65 bits per heavy atom. The van der Waals surface area contributed by atoms with Crippen molar-refractivity contribution in [2.75, 3.05) is 0 Å². The highest BCUT2D eigenvalue weighted by atomic mass is 16.1. The number of fused-ring (bicyclic) bond motifs is 5. The lowest BCUT2D eigenvalue weighted by Crippen LogP contribution is -2.49. The lowest BCUT2D eigenvalue weighted by Gasteiger charge is -2.57. The average Bonchev–Trinajstić information content (AvgIpc) is 2.77. The normalized spacial score (nSPS) is 47.9. The molecule has 4 aliphatic carbocycles. The molecule has 3 fully saturated rings. The fraction of sp³-hybridized carbons (Fsp3) is 0.682. The molecule has 4 aliphatic rings. The molecule has 0 saturated heterocycles. The number of carbonyl (C=O) groups is 1. The Bertz CT molecular complexity index is 636. The molecule has 0 aromatic rings. The molecule has 3 saturated carbocycles. The molecule has 0 amide bonds. The van der Waals surface area contributed by atoms with Gasteiger partial charge >= 0.3 is 0 Å². The summed E-state index contributed by atoms with van der Waals surface area (Å²) in [4.78, 5) is 12.6. The van der Waals surface area contributed by atoms with E-state index >= 15 is 0 Å². The molecule has 1 nitrogen and oxygen atoms in total. The predicted octanol–water partition coefficient (Wildman–Crippen LogP) is 5.63. The van der Waals surface area contributed by atoms with Crippen LogP contribution in [0.5, 0.6) is 0 Å². The first-order chi connectivity index (χ1) is 10.9. The SMILES string of the molecule is C=C1C=C2CCC3C(CCC4(C)/C(=C\C)C(=O)CC34)C2(C)CC1. The van der Waals surface area contributed by atoms with Crippen LogP contribution in [0.15, 0.2) is 35.5 Å². The summed E-state index contributed by atoms with van der Waals surface area (Å²) >= 11 is 0. The van der Waals surface area contributed by atoms with Gasteiger partial charge in [0.15, 0.2) is 5.78 Å². The molecule has 124 valence electrons. The number of carbonyl (C=O) groups excluding carboxylic acids is 1. The molecule has 23 heavy (non-hydrogen) atoms. The van der Waals surface area contributed by atoms with Crippen molar-refractivity contribution in [2.45, 2.75) is 65.7 Å². The van der Waals surface area contributed by atoms with Gasteiger partial charge in [0.2, 0.25) is 0 Å². The first-order valence-corrected chi connectivity index (χ1v) is 9.49. The maximum Gasteiger partial charge on any atom is 0.159 e. The molecule has 5 unspecified atom stereocenters. The lowest BCUT2D eigenvalue weighted by molar-refractivity contribution is -0.115. The highest BCUT2D eigenvalue weighted by molar-refractivity contribution is 5.99. The molecule has 0 heterocycles. The van der Waals surface area contributed by atoms with Gasteiger partial charge in [0.05, 0.1) is 0 Å². The summed E-state index contributed by atoms with van der Waals surface area (Å²) in [7, 11) is 0. The topological polar surface area (TPSA) is 17.1 Å². The minimum Gasteiger partial charge on any atom is -0.295 e. The van der Waals surface area contributed by atoms with Crippen LogP contribution in [-0.2, 0) is 4.79 Å². The van der Waals surface area contributed by atoms with Crippen LogP contribution in [-0.4, -0.2) is 5.78 Å². The van der Waals surface area contributed by atoms with Gasteiger partial charge in [-0.1, -0.05) is 43.7 Å². The van der Waals surface area contributed by atoms with Gasteiger partial charge < -0.3 is 0 Å². The number of rotatable bonds is 0. The van der Waals surface area contributed by atoms with Gasteiger partial charge in [0.25, 0.3) is 0 Å². The van der Waals surface area contributed by atoms with Crippen LogP contribution < -0.4 is 0 Å². The Morgan fingerprint density at radius 2 is 1.91 bits per heavy atom. The van der Waals surface area contributed by atoms with Crippen LogP contribution >= 0.6 is 0 Å². The van der Waals surface area contributed by atoms with Gasteiger partial charge in [-0.05, 0) is 79.6 Å². The van der Waals surface area contributed by atoms with Crippen molar-refractivity contribution in [1.82, 2.24) is 0 Å². The number of allylic oxidation sites excluding steroid dienone is 5. The molecule has 0 aromatic heterocycles. The summed E-state index contributed by atoms with van der Waals surface area (Å²) in [5.74, 6) is 2.54. The van der Waals surface area contributed by atoms with Crippen molar-refractivity contribution in [3.8, 4) is 0 Å². The van der Waals surface area contributed by atoms with E-state index in [4.69, 9.17) is 0 Å². The number of hydrogen-bond acceptors (Lipinski definition) is 1. The second kappa shape index (κ2) is 4.94. The van der Waals surface area contributed by atoms with E-state index in [0.29, 0.717) is 17.1 Å². The van der Waals surface area contributed by atoms with E-state index in [2.05, 4.69) is 39.5 Å². The van der Waals surface area contributed by atoms with Crippen molar-refractivity contribution in [3.63, 3.8) is 0 Å². The Balaban J connectivity index is 1.72. The molecular formula is C22H30O. The van der Waals surface area contributed by atoms with Gasteiger partial charge in [-0.25, -0.2) is 0 Å². The molecule has 5 atom stereocenters. The minimum atomic E-state index is 0.156. The zero-order valence-electron chi connectivity index (χ0n) is 15.0. The molecule has 0 aliphatic heterocycles. The second-order valence-corrected chi connectivity index (χ2v) is 8.95. The molecule has 0 aromatic carbocycles. The van der Waals surface area contributed by atoms with Gasteiger partial charge in [0.1, 0.15) is 0 Å². The molecule has 0 spiro atoms. The third-order valence-corrected chi connectivity index (χ3v) is 8.08. The Hall–Kier alpha value is -1.11. The highest BCUT2D eigenvalue weighted by Gasteiger charge is 2.59. The van der Waals surface area contributed by atoms with E-state index in [1.54, 1.807) is 5.57 Å². The number of Topliss-reactive ketones (excluding diaryl/α,β-unsaturated/α-hetero) is 1. The maximum absolute atomic E-state index is 12.6. The zero-order valence-corrected chi connectivity index (χ0v) is 15.0. The van der Waals surface area contributed by atoms with Gasteiger partial charge in [0, 0.05) is 6.42 Å². The van der Waals surface area contributed by atoms with Crippen LogP contribution in [0.4, 0.5) is 0 Å². The zero-order chi connectivity index (χ0) is 16.4. The standard InChI is InChI=1S/C22H30O/c1-5-17-20(23)13-19-16-7-6-15-12-14(2)8-10-21(15,3)18(16)9-11-22(17,19)4/h5,12,16,18-19H,2,6-11,13H2,1,3-4H3/b17-5-. The second-order valence-electron chi connectivity index (χ2n) is 8.95. The quantitative estimate of drug-likeness (QED) is 0.530. The minimum absolute atomic E-state index is 0.156. The summed E-state index contributed by atoms with van der Waals surface area (Å²) in [6.45, 7) is 11.2. The van der Waals surface area contributed by atoms with Crippen molar-refractivity contribution < 1.29 is 4.79 Å². The smallest absolute Gasteiger partial charge is 0.159 e. The largest absolute Gasteiger partial charge is 0.295 e. The van der Waals surface area contributed by atoms with Crippen LogP contribution in [0.25, 0.3) is 0 Å². The summed E-state index contributed by atoms with van der Waals surface area (Å²) in [6.07, 6.45) is 12.8. The lowest BCUT2D eigenvalue weighted by atomic mass is 9.47. The highest BCUT2D eigenvalue weighted by Crippen LogP contribution is 2.66.